The summed E-state index contributed by atoms with van der Waals surface area (Å²) in [6.07, 6.45) is 0. The lowest BCUT2D eigenvalue weighted by molar-refractivity contribution is -0.659. The highest BCUT2D eigenvalue weighted by Gasteiger charge is 2.29. The zero-order chi connectivity index (χ0) is 27.0. The summed E-state index contributed by atoms with van der Waals surface area (Å²) in [5.74, 6) is -0.576. The predicted octanol–water partition coefficient (Wildman–Crippen LogP) is 4.50. The number of carbonyl (C=O) groups is 1. The molecule has 0 atom stereocenters. The molecule has 3 N–H and O–H groups in total. The molecule has 1 heterocycles. The number of phenols is 1. The predicted molar refractivity (Wildman–Crippen MR) is 151 cm³/mol. The molecule has 0 saturated carbocycles. The van der Waals surface area contributed by atoms with Crippen LogP contribution < -0.4 is 26.9 Å². The summed E-state index contributed by atoms with van der Waals surface area (Å²) in [4.78, 5) is 11.3. The number of hydrogen-bond donors (Lipinski definition) is 3. The minimum atomic E-state index is -0.935. The first-order chi connectivity index (χ1) is 17.3. The standard InChI is InChI=1S/C31H34N2O3S.BrH/c1-30(2,3)24-16-22(17-25(27(24)34)31(4,5)6)26-19-37-29(32-23-10-8-7-9-11-23)33(26)18-20-12-14-21(15-13-20)28(35)36;/h7-17,19H,18H2,1-6H3,(H2,34,35,36);1H. The molecule has 200 valence electrons. The molecule has 7 heteroatoms. The Balaban J connectivity index is 0.00000400. The first-order valence-electron chi connectivity index (χ1n) is 12.4. The summed E-state index contributed by atoms with van der Waals surface area (Å²) in [5.41, 5.74) is 5.67. The number of carboxylic acid groups (broad SMARTS) is 1. The number of anilines is 2. The SMILES string of the molecule is CC(C)(C)c1cc(-c2csc(Nc3ccccc3)[n+]2Cc2ccc(C(=O)O)cc2)cc(C(C)(C)C)c1O.[Br-]. The normalized spacial score (nSPS) is 11.6. The molecule has 4 aromatic rings. The van der Waals surface area contributed by atoms with Crippen molar-refractivity contribution in [2.75, 3.05) is 5.32 Å². The van der Waals surface area contributed by atoms with E-state index in [1.54, 1.807) is 23.5 Å². The van der Waals surface area contributed by atoms with Crippen molar-refractivity contribution in [3.05, 3.63) is 94.4 Å². The van der Waals surface area contributed by atoms with E-state index in [0.29, 0.717) is 12.3 Å². The third-order valence-corrected chi connectivity index (χ3v) is 7.29. The second kappa shape index (κ2) is 11.3. The molecule has 4 rings (SSSR count). The van der Waals surface area contributed by atoms with E-state index in [2.05, 4.69) is 68.9 Å². The van der Waals surface area contributed by atoms with Crippen LogP contribution >= 0.6 is 11.3 Å². The van der Waals surface area contributed by atoms with Gasteiger partial charge in [-0.25, -0.2) is 14.7 Å². The number of aromatic hydroxyl groups is 1. The van der Waals surface area contributed by atoms with Gasteiger partial charge in [-0.3, -0.25) is 0 Å². The Hall–Kier alpha value is -3.16. The molecule has 3 aromatic carbocycles. The van der Waals surface area contributed by atoms with Crippen LogP contribution in [0.3, 0.4) is 0 Å². The van der Waals surface area contributed by atoms with Crippen molar-refractivity contribution in [1.82, 2.24) is 0 Å². The molecule has 0 bridgehead atoms. The Kier molecular flexibility index (Phi) is 8.74. The van der Waals surface area contributed by atoms with Crippen LogP contribution in [0.15, 0.2) is 72.1 Å². The lowest BCUT2D eigenvalue weighted by Gasteiger charge is -2.28. The number of nitrogens with zero attached hydrogens (tertiary/aromatic N) is 1. The number of benzene rings is 3. The number of thiazole rings is 1. The fourth-order valence-electron chi connectivity index (χ4n) is 4.33. The van der Waals surface area contributed by atoms with Crippen LogP contribution in [-0.2, 0) is 17.4 Å². The number of hydrogen-bond acceptors (Lipinski definition) is 4. The van der Waals surface area contributed by atoms with Gasteiger partial charge in [0.15, 0.2) is 0 Å². The quantitative estimate of drug-likeness (QED) is 0.287. The first-order valence-corrected chi connectivity index (χ1v) is 13.3. The van der Waals surface area contributed by atoms with Crippen LogP contribution in [0.2, 0.25) is 0 Å². The molecule has 0 fully saturated rings. The third-order valence-electron chi connectivity index (χ3n) is 6.41. The van der Waals surface area contributed by atoms with Gasteiger partial charge in [0.05, 0.1) is 5.56 Å². The van der Waals surface area contributed by atoms with Crippen molar-refractivity contribution < 1.29 is 36.6 Å². The van der Waals surface area contributed by atoms with Crippen LogP contribution in [0.5, 0.6) is 5.75 Å². The number of nitrogens with one attached hydrogen (secondary N) is 1. The number of halogens is 1. The van der Waals surface area contributed by atoms with Gasteiger partial charge in [0.1, 0.15) is 23.7 Å². The highest BCUT2D eigenvalue weighted by atomic mass is 79.9. The minimum absolute atomic E-state index is 0. The van der Waals surface area contributed by atoms with Gasteiger partial charge in [0, 0.05) is 22.1 Å². The van der Waals surface area contributed by atoms with Crippen molar-refractivity contribution in [3.63, 3.8) is 0 Å². The van der Waals surface area contributed by atoms with Crippen LogP contribution in [-0.4, -0.2) is 16.2 Å². The van der Waals surface area contributed by atoms with E-state index in [4.69, 9.17) is 0 Å². The molecule has 1 aromatic heterocycles. The summed E-state index contributed by atoms with van der Waals surface area (Å²) in [6, 6.07) is 21.3. The summed E-state index contributed by atoms with van der Waals surface area (Å²) in [5, 5.41) is 27.2. The molecule has 0 amide bonds. The molecule has 0 saturated heterocycles. The third kappa shape index (κ3) is 6.45. The molecule has 5 nitrogen and oxygen atoms in total. The largest absolute Gasteiger partial charge is 1.00 e. The molecule has 0 unspecified atom stereocenters. The summed E-state index contributed by atoms with van der Waals surface area (Å²) >= 11 is 1.62. The van der Waals surface area contributed by atoms with Gasteiger partial charge in [-0.1, -0.05) is 83.2 Å². The van der Waals surface area contributed by atoms with Gasteiger partial charge in [-0.2, -0.15) is 0 Å². The second-order valence-electron chi connectivity index (χ2n) is 11.4. The number of carboxylic acids is 1. The molecule has 38 heavy (non-hydrogen) atoms. The zero-order valence-electron chi connectivity index (χ0n) is 22.7. The summed E-state index contributed by atoms with van der Waals surface area (Å²) in [7, 11) is 0. The van der Waals surface area contributed by atoms with E-state index in [1.165, 1.54) is 0 Å². The van der Waals surface area contributed by atoms with Gasteiger partial charge in [-0.05, 0) is 52.8 Å². The van der Waals surface area contributed by atoms with Gasteiger partial charge < -0.3 is 27.2 Å². The van der Waals surface area contributed by atoms with E-state index in [9.17, 15) is 15.0 Å². The molecule has 0 radical (unpaired) electrons. The number of rotatable bonds is 6. The van der Waals surface area contributed by atoms with Crippen LogP contribution in [0, 0.1) is 0 Å². The highest BCUT2D eigenvalue weighted by molar-refractivity contribution is 7.13. The van der Waals surface area contributed by atoms with Crippen LogP contribution in [0.25, 0.3) is 11.3 Å². The summed E-state index contributed by atoms with van der Waals surface area (Å²) in [6.45, 7) is 13.3. The fourth-order valence-corrected chi connectivity index (χ4v) is 5.29. The fraction of sp³-hybridized carbons (Fsp3) is 0.290. The monoisotopic (exact) mass is 594 g/mol. The maximum Gasteiger partial charge on any atom is 0.339 e. The van der Waals surface area contributed by atoms with Crippen molar-refractivity contribution in [2.24, 2.45) is 0 Å². The van der Waals surface area contributed by atoms with Gasteiger partial charge >= 0.3 is 11.1 Å². The van der Waals surface area contributed by atoms with Crippen LogP contribution in [0.1, 0.15) is 68.6 Å². The smallest absolute Gasteiger partial charge is 0.339 e. The summed E-state index contributed by atoms with van der Waals surface area (Å²) < 4.78 is 2.22. The molecular weight excluding hydrogens is 560 g/mol. The van der Waals surface area contributed by atoms with E-state index in [-0.39, 0.29) is 33.4 Å². The Labute approximate surface area is 239 Å². The molecule has 0 aliphatic carbocycles. The zero-order valence-corrected chi connectivity index (χ0v) is 25.1. The Morgan fingerprint density at radius 3 is 1.95 bits per heavy atom. The van der Waals surface area contributed by atoms with Crippen molar-refractivity contribution in [2.45, 2.75) is 58.9 Å². The van der Waals surface area contributed by atoms with Crippen LogP contribution in [0.4, 0.5) is 10.8 Å². The van der Waals surface area contributed by atoms with E-state index in [1.807, 2.05) is 42.5 Å². The number of para-hydroxylation sites is 1. The topological polar surface area (TPSA) is 73.4 Å². The number of aromatic carboxylic acids is 1. The Morgan fingerprint density at radius 2 is 1.45 bits per heavy atom. The van der Waals surface area contributed by atoms with Gasteiger partial charge in [0.25, 0.3) is 0 Å². The minimum Gasteiger partial charge on any atom is -1.00 e. The first kappa shape index (κ1) is 29.4. The Morgan fingerprint density at radius 1 is 0.895 bits per heavy atom. The number of aromatic nitrogens is 1. The average molecular weight is 596 g/mol. The van der Waals surface area contributed by atoms with E-state index >= 15 is 0 Å². The lowest BCUT2D eigenvalue weighted by Crippen LogP contribution is -3.00. The van der Waals surface area contributed by atoms with Gasteiger partial charge in [-0.15, -0.1) is 0 Å². The van der Waals surface area contributed by atoms with Crippen molar-refractivity contribution in [1.29, 1.82) is 0 Å². The molecule has 0 aliphatic rings. The highest BCUT2D eigenvalue weighted by Crippen LogP contribution is 2.42. The van der Waals surface area contributed by atoms with E-state index in [0.717, 1.165) is 38.8 Å². The molecule has 0 spiro atoms. The second-order valence-corrected chi connectivity index (χ2v) is 12.3. The van der Waals surface area contributed by atoms with E-state index < -0.39 is 5.97 Å². The molecular formula is C31H35BrN2O3S. The lowest BCUT2D eigenvalue weighted by atomic mass is 9.78. The maximum atomic E-state index is 11.3. The Bertz CT molecular complexity index is 1380. The van der Waals surface area contributed by atoms with Gasteiger partial charge in [0.2, 0.25) is 0 Å². The van der Waals surface area contributed by atoms with Crippen molar-refractivity contribution >= 4 is 28.1 Å². The maximum absolute atomic E-state index is 11.3. The number of phenolic OH excluding ortho intramolecular Hbond substituents is 1. The molecule has 0 aliphatic heterocycles. The average Bonchev–Trinajstić information content (AvgIpc) is 3.20. The van der Waals surface area contributed by atoms with Crippen molar-refractivity contribution in [3.8, 4) is 17.0 Å².